The molecule has 0 spiro atoms. The van der Waals surface area contributed by atoms with Crippen molar-refractivity contribution in [3.05, 3.63) is 0 Å². The van der Waals surface area contributed by atoms with Gasteiger partial charge >= 0.3 is 0 Å². The van der Waals surface area contributed by atoms with E-state index in [4.69, 9.17) is 0 Å². The van der Waals surface area contributed by atoms with E-state index in [-0.39, 0.29) is 11.8 Å². The summed E-state index contributed by atoms with van der Waals surface area (Å²) in [5.74, 6) is -0.469. The summed E-state index contributed by atoms with van der Waals surface area (Å²) in [6.45, 7) is 1.37. The molecule has 11 heavy (non-hydrogen) atoms. The zero-order valence-corrected chi connectivity index (χ0v) is 6.13. The molecule has 1 rings (SSSR count). The molecule has 0 aromatic rings. The first-order valence-corrected chi connectivity index (χ1v) is 3.28. The van der Waals surface area contributed by atoms with Crippen LogP contribution in [0.2, 0.25) is 0 Å². The zero-order valence-electron chi connectivity index (χ0n) is 6.13. The first-order chi connectivity index (χ1) is 5.20. The Kier molecular flexibility index (Phi) is 2.20. The van der Waals surface area contributed by atoms with E-state index in [1.54, 1.807) is 6.21 Å². The van der Waals surface area contributed by atoms with Crippen molar-refractivity contribution in [3.8, 4) is 0 Å². The van der Waals surface area contributed by atoms with Gasteiger partial charge in [-0.25, -0.2) is 5.43 Å². The van der Waals surface area contributed by atoms with Crippen LogP contribution in [0.25, 0.3) is 0 Å². The molecule has 5 heteroatoms. The molecule has 0 radical (unpaired) electrons. The highest BCUT2D eigenvalue weighted by Gasteiger charge is 2.19. The molecule has 0 aliphatic carbocycles. The molecule has 0 aromatic carbocycles. The SMILES string of the molecule is CC(=O)NC1CC=NNC1=O. The van der Waals surface area contributed by atoms with E-state index in [1.807, 2.05) is 0 Å². The van der Waals surface area contributed by atoms with Gasteiger partial charge in [-0.3, -0.25) is 9.59 Å². The number of carbonyl (C=O) groups excluding carboxylic acids is 2. The van der Waals surface area contributed by atoms with E-state index in [1.165, 1.54) is 6.92 Å². The van der Waals surface area contributed by atoms with Gasteiger partial charge in [-0.15, -0.1) is 0 Å². The van der Waals surface area contributed by atoms with Crippen LogP contribution in [0.5, 0.6) is 0 Å². The fraction of sp³-hybridized carbons (Fsp3) is 0.500. The first-order valence-electron chi connectivity index (χ1n) is 3.28. The summed E-state index contributed by atoms with van der Waals surface area (Å²) in [4.78, 5) is 21.4. The van der Waals surface area contributed by atoms with E-state index >= 15 is 0 Å². The summed E-state index contributed by atoms with van der Waals surface area (Å²) in [6.07, 6.45) is 2.02. The van der Waals surface area contributed by atoms with E-state index < -0.39 is 6.04 Å². The third-order valence-corrected chi connectivity index (χ3v) is 1.30. The van der Waals surface area contributed by atoms with Gasteiger partial charge in [0.15, 0.2) is 0 Å². The Morgan fingerprint density at radius 3 is 3.18 bits per heavy atom. The Balaban J connectivity index is 2.51. The molecule has 0 bridgehead atoms. The van der Waals surface area contributed by atoms with Gasteiger partial charge in [0.05, 0.1) is 0 Å². The average Bonchev–Trinajstić information content (AvgIpc) is 1.93. The van der Waals surface area contributed by atoms with Gasteiger partial charge in [0, 0.05) is 19.6 Å². The number of hydrogen-bond donors (Lipinski definition) is 2. The lowest BCUT2D eigenvalue weighted by atomic mass is 10.2. The van der Waals surface area contributed by atoms with Crippen molar-refractivity contribution in [1.29, 1.82) is 0 Å². The number of nitrogens with one attached hydrogen (secondary N) is 2. The Morgan fingerprint density at radius 2 is 2.64 bits per heavy atom. The molecule has 1 aliphatic rings. The second-order valence-corrected chi connectivity index (χ2v) is 2.28. The monoisotopic (exact) mass is 155 g/mol. The molecule has 1 unspecified atom stereocenters. The Labute approximate surface area is 63.8 Å². The molecule has 1 atom stereocenters. The molecule has 0 aromatic heterocycles. The molecule has 2 N–H and O–H groups in total. The second-order valence-electron chi connectivity index (χ2n) is 2.28. The lowest BCUT2D eigenvalue weighted by molar-refractivity contribution is -0.128. The van der Waals surface area contributed by atoms with Gasteiger partial charge in [-0.05, 0) is 0 Å². The minimum Gasteiger partial charge on any atom is -0.344 e. The maximum Gasteiger partial charge on any atom is 0.262 e. The summed E-state index contributed by atoms with van der Waals surface area (Å²) < 4.78 is 0. The number of hydrogen-bond acceptors (Lipinski definition) is 3. The number of hydrazone groups is 1. The largest absolute Gasteiger partial charge is 0.344 e. The summed E-state index contributed by atoms with van der Waals surface area (Å²) in [5, 5.41) is 6.03. The van der Waals surface area contributed by atoms with E-state index in [9.17, 15) is 9.59 Å². The van der Waals surface area contributed by atoms with Crippen molar-refractivity contribution in [2.24, 2.45) is 5.10 Å². The smallest absolute Gasteiger partial charge is 0.262 e. The predicted octanol–water partition coefficient (Wildman–Crippen LogP) is -1.00. The molecule has 2 amide bonds. The van der Waals surface area contributed by atoms with Gasteiger partial charge < -0.3 is 5.32 Å². The van der Waals surface area contributed by atoms with Crippen LogP contribution >= 0.6 is 0 Å². The fourth-order valence-electron chi connectivity index (χ4n) is 0.822. The third-order valence-electron chi connectivity index (χ3n) is 1.30. The molecule has 5 nitrogen and oxygen atoms in total. The maximum atomic E-state index is 10.9. The van der Waals surface area contributed by atoms with Gasteiger partial charge in [-0.1, -0.05) is 0 Å². The topological polar surface area (TPSA) is 70.6 Å². The maximum absolute atomic E-state index is 10.9. The number of carbonyl (C=O) groups is 2. The van der Waals surface area contributed by atoms with Crippen LogP contribution in [0.4, 0.5) is 0 Å². The molecule has 1 heterocycles. The quantitative estimate of drug-likeness (QED) is 0.509. The second kappa shape index (κ2) is 3.14. The number of amides is 2. The summed E-state index contributed by atoms with van der Waals surface area (Å²) in [5.41, 5.74) is 2.25. The normalized spacial score (nSPS) is 22.6. The molecule has 1 aliphatic heterocycles. The van der Waals surface area contributed by atoms with Crippen molar-refractivity contribution < 1.29 is 9.59 Å². The molecule has 60 valence electrons. The average molecular weight is 155 g/mol. The van der Waals surface area contributed by atoms with Crippen LogP contribution in [0.1, 0.15) is 13.3 Å². The molecule has 0 saturated carbocycles. The van der Waals surface area contributed by atoms with Gasteiger partial charge in [0.1, 0.15) is 6.04 Å². The van der Waals surface area contributed by atoms with Gasteiger partial charge in [0.25, 0.3) is 5.91 Å². The minimum atomic E-state index is -0.454. The first kappa shape index (κ1) is 7.71. The minimum absolute atomic E-state index is 0.208. The highest BCUT2D eigenvalue weighted by Crippen LogP contribution is 1.93. The number of rotatable bonds is 1. The Hall–Kier alpha value is -1.39. The van der Waals surface area contributed by atoms with Crippen molar-refractivity contribution in [3.63, 3.8) is 0 Å². The van der Waals surface area contributed by atoms with Crippen LogP contribution in [0.3, 0.4) is 0 Å². The molecule has 0 saturated heterocycles. The fourth-order valence-corrected chi connectivity index (χ4v) is 0.822. The summed E-state index contributed by atoms with van der Waals surface area (Å²) in [7, 11) is 0. The highest BCUT2D eigenvalue weighted by molar-refractivity contribution is 5.90. The van der Waals surface area contributed by atoms with Crippen molar-refractivity contribution in [2.75, 3.05) is 0 Å². The Bertz CT molecular complexity index is 212. The lowest BCUT2D eigenvalue weighted by Gasteiger charge is -2.16. The third kappa shape index (κ3) is 2.03. The zero-order chi connectivity index (χ0) is 8.27. The van der Waals surface area contributed by atoms with Crippen molar-refractivity contribution >= 4 is 18.0 Å². The van der Waals surface area contributed by atoms with Gasteiger partial charge in [0.2, 0.25) is 5.91 Å². The van der Waals surface area contributed by atoms with Gasteiger partial charge in [-0.2, -0.15) is 5.10 Å². The van der Waals surface area contributed by atoms with E-state index in [2.05, 4.69) is 15.8 Å². The van der Waals surface area contributed by atoms with E-state index in [0.29, 0.717) is 6.42 Å². The molecular formula is C6H9N3O2. The Morgan fingerprint density at radius 1 is 1.91 bits per heavy atom. The van der Waals surface area contributed by atoms with Crippen LogP contribution in [0, 0.1) is 0 Å². The molecular weight excluding hydrogens is 146 g/mol. The van der Waals surface area contributed by atoms with Crippen LogP contribution in [0.15, 0.2) is 5.10 Å². The predicted molar refractivity (Wildman–Crippen MR) is 38.9 cm³/mol. The summed E-state index contributed by atoms with van der Waals surface area (Å²) in [6, 6.07) is -0.454. The van der Waals surface area contributed by atoms with Crippen LogP contribution in [-0.4, -0.2) is 24.1 Å². The standard InChI is InChI=1S/C6H9N3O2/c1-4(10)8-5-2-3-7-9-6(5)11/h3,5H,2H2,1H3,(H,8,10)(H,9,11). The number of nitrogens with zero attached hydrogens (tertiary/aromatic N) is 1. The molecule has 0 fully saturated rings. The highest BCUT2D eigenvalue weighted by atomic mass is 16.2. The van der Waals surface area contributed by atoms with Crippen molar-refractivity contribution in [1.82, 2.24) is 10.7 Å². The van der Waals surface area contributed by atoms with Crippen LogP contribution in [-0.2, 0) is 9.59 Å². The van der Waals surface area contributed by atoms with Crippen LogP contribution < -0.4 is 10.7 Å². The lowest BCUT2D eigenvalue weighted by Crippen LogP contribution is -2.47. The van der Waals surface area contributed by atoms with E-state index in [0.717, 1.165) is 0 Å². The van der Waals surface area contributed by atoms with Crippen molar-refractivity contribution in [2.45, 2.75) is 19.4 Å². The summed E-state index contributed by atoms with van der Waals surface area (Å²) >= 11 is 0.